The van der Waals surface area contributed by atoms with Gasteiger partial charge in [-0.1, -0.05) is 120 Å². The molecule has 0 amide bonds. The summed E-state index contributed by atoms with van der Waals surface area (Å²) in [5, 5.41) is 0. The molecule has 6 heteroatoms. The molecule has 2 nitrogen and oxygen atoms in total. The summed E-state index contributed by atoms with van der Waals surface area (Å²) in [5.74, 6) is 12.9. The predicted octanol–water partition coefficient (Wildman–Crippen LogP) is 13.0. The highest BCUT2D eigenvalue weighted by Gasteiger charge is 2.25. The predicted molar refractivity (Wildman–Crippen MR) is 205 cm³/mol. The number of fused-ring (bicyclic) bond motifs is 4. The molecular formula is C40H38Br2N2S2. The quantitative estimate of drug-likeness (QED) is 0.117. The SMILES string of the molecule is CCCCCCN1c2ccc(Br)cc2Sc2cc(C#CC#Cc3ccc4c(c3)Sc3cc(Br)ccc3N4CCCCCC)ccc21. The third-order valence-corrected chi connectivity index (χ3v) is 11.5. The van der Waals surface area contributed by atoms with Crippen LogP contribution in [0, 0.1) is 23.7 Å². The number of benzene rings is 4. The first-order chi connectivity index (χ1) is 22.5. The van der Waals surface area contributed by atoms with E-state index < -0.39 is 0 Å². The first kappa shape index (κ1) is 33.2. The van der Waals surface area contributed by atoms with E-state index in [1.54, 1.807) is 0 Å². The van der Waals surface area contributed by atoms with E-state index in [0.29, 0.717) is 0 Å². The van der Waals surface area contributed by atoms with Crippen molar-refractivity contribution in [2.45, 2.75) is 84.8 Å². The van der Waals surface area contributed by atoms with E-state index in [9.17, 15) is 0 Å². The molecule has 0 atom stereocenters. The average Bonchev–Trinajstić information content (AvgIpc) is 3.05. The zero-order chi connectivity index (χ0) is 31.9. The van der Waals surface area contributed by atoms with Gasteiger partial charge in [0.2, 0.25) is 0 Å². The largest absolute Gasteiger partial charge is 0.340 e. The van der Waals surface area contributed by atoms with E-state index in [4.69, 9.17) is 0 Å². The van der Waals surface area contributed by atoms with Crippen LogP contribution in [0.25, 0.3) is 0 Å². The average molecular weight is 771 g/mol. The molecule has 0 saturated carbocycles. The van der Waals surface area contributed by atoms with Gasteiger partial charge < -0.3 is 9.80 Å². The van der Waals surface area contributed by atoms with E-state index in [2.05, 4.69) is 152 Å². The van der Waals surface area contributed by atoms with Crippen molar-refractivity contribution in [1.29, 1.82) is 0 Å². The first-order valence-corrected chi connectivity index (χ1v) is 19.6. The van der Waals surface area contributed by atoms with Gasteiger partial charge in [0.15, 0.2) is 0 Å². The van der Waals surface area contributed by atoms with Crippen LogP contribution in [-0.2, 0) is 0 Å². The van der Waals surface area contributed by atoms with Crippen LogP contribution in [0.2, 0.25) is 0 Å². The van der Waals surface area contributed by atoms with Gasteiger partial charge in [0, 0.05) is 52.7 Å². The monoisotopic (exact) mass is 768 g/mol. The molecular weight excluding hydrogens is 732 g/mol. The number of rotatable bonds is 10. The zero-order valence-corrected chi connectivity index (χ0v) is 31.3. The molecule has 2 aliphatic rings. The Bertz CT molecular complexity index is 1710. The van der Waals surface area contributed by atoms with E-state index in [1.165, 1.54) is 93.7 Å². The van der Waals surface area contributed by atoms with Crippen molar-refractivity contribution in [1.82, 2.24) is 0 Å². The Labute approximate surface area is 300 Å². The standard InChI is InChI=1S/C40H38Br2N2S2/c1-3-5-7-11-23-43-33-19-15-29(25-37(33)45-39-27-31(41)17-21-35(39)43)13-9-10-14-30-16-20-34-38(26-30)46-40-28-32(42)18-22-36(40)44(34)24-12-8-6-4-2/h15-22,25-28H,3-8,11-12,23-24H2,1-2H3. The zero-order valence-electron chi connectivity index (χ0n) is 26.5. The van der Waals surface area contributed by atoms with Crippen molar-refractivity contribution in [3.8, 4) is 23.7 Å². The van der Waals surface area contributed by atoms with Gasteiger partial charge in [-0.2, -0.15) is 0 Å². The number of nitrogens with zero attached hydrogens (tertiary/aromatic N) is 2. The molecule has 4 aromatic rings. The topological polar surface area (TPSA) is 6.48 Å². The second-order valence-corrected chi connectivity index (χ2v) is 15.7. The van der Waals surface area contributed by atoms with Gasteiger partial charge in [-0.3, -0.25) is 0 Å². The summed E-state index contributed by atoms with van der Waals surface area (Å²) in [6.45, 7) is 6.58. The second-order valence-electron chi connectivity index (χ2n) is 11.7. The van der Waals surface area contributed by atoms with E-state index in [-0.39, 0.29) is 0 Å². The summed E-state index contributed by atoms with van der Waals surface area (Å²) >= 11 is 11.0. The normalized spacial score (nSPS) is 12.6. The lowest BCUT2D eigenvalue weighted by Crippen LogP contribution is -2.22. The Morgan fingerprint density at radius 2 is 0.891 bits per heavy atom. The number of anilines is 4. The highest BCUT2D eigenvalue weighted by atomic mass is 79.9. The number of hydrogen-bond donors (Lipinski definition) is 0. The maximum Gasteiger partial charge on any atom is 0.0553 e. The molecule has 234 valence electrons. The Balaban J connectivity index is 1.20. The summed E-state index contributed by atoms with van der Waals surface area (Å²) in [6.07, 6.45) is 9.95. The molecule has 0 bridgehead atoms. The lowest BCUT2D eigenvalue weighted by molar-refractivity contribution is 0.665. The molecule has 2 aliphatic heterocycles. The summed E-state index contributed by atoms with van der Waals surface area (Å²) in [7, 11) is 0. The van der Waals surface area contributed by atoms with Crippen LogP contribution in [0.5, 0.6) is 0 Å². The fourth-order valence-corrected chi connectivity index (χ4v) is 9.33. The molecule has 46 heavy (non-hydrogen) atoms. The molecule has 2 heterocycles. The van der Waals surface area contributed by atoms with Gasteiger partial charge in [0.05, 0.1) is 22.7 Å². The number of hydrogen-bond acceptors (Lipinski definition) is 4. The van der Waals surface area contributed by atoms with Crippen LogP contribution in [0.15, 0.2) is 101 Å². The molecule has 4 aromatic carbocycles. The van der Waals surface area contributed by atoms with Gasteiger partial charge >= 0.3 is 0 Å². The summed E-state index contributed by atoms with van der Waals surface area (Å²) in [4.78, 5) is 10.0. The molecule has 0 spiro atoms. The first-order valence-electron chi connectivity index (χ1n) is 16.3. The maximum atomic E-state index is 3.67. The smallest absolute Gasteiger partial charge is 0.0553 e. The molecule has 0 radical (unpaired) electrons. The number of unbranched alkanes of at least 4 members (excludes halogenated alkanes) is 6. The minimum atomic E-state index is 0.992. The Hall–Kier alpha value is -2.74. The Morgan fingerprint density at radius 1 is 0.500 bits per heavy atom. The van der Waals surface area contributed by atoms with E-state index in [1.807, 2.05) is 23.5 Å². The molecule has 0 aliphatic carbocycles. The fourth-order valence-electron chi connectivity index (χ4n) is 5.96. The van der Waals surface area contributed by atoms with Crippen molar-refractivity contribution in [3.05, 3.63) is 92.9 Å². The third kappa shape index (κ3) is 7.86. The van der Waals surface area contributed by atoms with E-state index in [0.717, 1.165) is 33.2 Å². The van der Waals surface area contributed by atoms with Crippen molar-refractivity contribution in [2.75, 3.05) is 22.9 Å². The fraction of sp³-hybridized carbons (Fsp3) is 0.300. The van der Waals surface area contributed by atoms with Crippen LogP contribution >= 0.6 is 55.4 Å². The highest BCUT2D eigenvalue weighted by Crippen LogP contribution is 2.50. The van der Waals surface area contributed by atoms with Gasteiger partial charge in [-0.25, -0.2) is 0 Å². The molecule has 6 rings (SSSR count). The van der Waals surface area contributed by atoms with Gasteiger partial charge in [-0.05, 0) is 97.5 Å². The molecule has 0 saturated heterocycles. The van der Waals surface area contributed by atoms with Crippen LogP contribution in [0.4, 0.5) is 22.7 Å². The Kier molecular flexibility index (Phi) is 11.5. The summed E-state index contributed by atoms with van der Waals surface area (Å²) < 4.78 is 2.22. The maximum absolute atomic E-state index is 3.67. The molecule has 0 aromatic heterocycles. The highest BCUT2D eigenvalue weighted by molar-refractivity contribution is 9.10. The summed E-state index contributed by atoms with van der Waals surface area (Å²) in [6, 6.07) is 26.4. The second kappa shape index (κ2) is 15.9. The third-order valence-electron chi connectivity index (χ3n) is 8.31. The molecule has 0 N–H and O–H groups in total. The van der Waals surface area contributed by atoms with E-state index >= 15 is 0 Å². The minimum Gasteiger partial charge on any atom is -0.340 e. The van der Waals surface area contributed by atoms with Crippen LogP contribution < -0.4 is 9.80 Å². The van der Waals surface area contributed by atoms with Crippen LogP contribution in [0.3, 0.4) is 0 Å². The molecule has 0 unspecified atom stereocenters. The lowest BCUT2D eigenvalue weighted by Gasteiger charge is -2.33. The van der Waals surface area contributed by atoms with Gasteiger partial charge in [0.1, 0.15) is 0 Å². The van der Waals surface area contributed by atoms with Crippen molar-refractivity contribution >= 4 is 78.1 Å². The number of halogens is 2. The van der Waals surface area contributed by atoms with Crippen molar-refractivity contribution < 1.29 is 0 Å². The van der Waals surface area contributed by atoms with Crippen LogP contribution in [-0.4, -0.2) is 13.1 Å². The van der Waals surface area contributed by atoms with Gasteiger partial charge in [0.25, 0.3) is 0 Å². The minimum absolute atomic E-state index is 0.992. The van der Waals surface area contributed by atoms with Crippen molar-refractivity contribution in [2.24, 2.45) is 0 Å². The Morgan fingerprint density at radius 3 is 1.30 bits per heavy atom. The van der Waals surface area contributed by atoms with Gasteiger partial charge in [-0.15, -0.1) is 0 Å². The van der Waals surface area contributed by atoms with Crippen molar-refractivity contribution in [3.63, 3.8) is 0 Å². The van der Waals surface area contributed by atoms with Crippen LogP contribution in [0.1, 0.15) is 76.3 Å². The molecule has 0 fully saturated rings. The lowest BCUT2D eigenvalue weighted by atomic mass is 10.1. The summed E-state index contributed by atoms with van der Waals surface area (Å²) in [5.41, 5.74) is 7.11.